The van der Waals surface area contributed by atoms with Crippen LogP contribution in [-0.4, -0.2) is 16.1 Å². The predicted octanol–water partition coefficient (Wildman–Crippen LogP) is 3.16. The van der Waals surface area contributed by atoms with Gasteiger partial charge in [-0.1, -0.05) is 35.0 Å². The molecule has 2 heterocycles. The molecule has 0 saturated carbocycles. The lowest BCUT2D eigenvalue weighted by Gasteiger charge is -2.03. The summed E-state index contributed by atoms with van der Waals surface area (Å²) in [5.74, 6) is -0.371. The van der Waals surface area contributed by atoms with Crippen molar-refractivity contribution in [3.8, 4) is 0 Å². The van der Waals surface area contributed by atoms with Crippen molar-refractivity contribution in [2.45, 2.75) is 13.0 Å². The van der Waals surface area contributed by atoms with Gasteiger partial charge in [-0.2, -0.15) is 0 Å². The van der Waals surface area contributed by atoms with Gasteiger partial charge in [-0.05, 0) is 18.2 Å². The van der Waals surface area contributed by atoms with E-state index in [-0.39, 0.29) is 19.0 Å². The highest BCUT2D eigenvalue weighted by atomic mass is 35.5. The van der Waals surface area contributed by atoms with E-state index in [4.69, 9.17) is 20.9 Å². The van der Waals surface area contributed by atoms with Gasteiger partial charge in [0.15, 0.2) is 5.58 Å². The van der Waals surface area contributed by atoms with Gasteiger partial charge in [0, 0.05) is 17.1 Å². The first-order chi connectivity index (χ1) is 10.2. The Morgan fingerprint density at radius 1 is 1.24 bits per heavy atom. The van der Waals surface area contributed by atoms with E-state index in [2.05, 4.69) is 10.1 Å². The van der Waals surface area contributed by atoms with E-state index in [9.17, 15) is 4.79 Å². The molecule has 0 bridgehead atoms. The fourth-order valence-corrected chi connectivity index (χ4v) is 2.02. The molecule has 0 aliphatic rings. The number of nitrogens with zero attached hydrogens (tertiary/aromatic N) is 2. The van der Waals surface area contributed by atoms with E-state index in [1.807, 2.05) is 18.2 Å². The molecule has 0 aliphatic carbocycles. The molecule has 0 unspecified atom stereocenters. The Morgan fingerprint density at radius 3 is 2.90 bits per heavy atom. The number of benzene rings is 1. The number of para-hydroxylation sites is 1. The maximum absolute atomic E-state index is 11.8. The maximum Gasteiger partial charge on any atom is 0.312 e. The van der Waals surface area contributed by atoms with Gasteiger partial charge < -0.3 is 9.26 Å². The number of pyridine rings is 1. The fraction of sp³-hybridized carbons (Fsp3) is 0.133. The van der Waals surface area contributed by atoms with Crippen LogP contribution in [0.3, 0.4) is 0 Å². The molecule has 3 aromatic rings. The molecular weight excluding hydrogens is 292 g/mol. The Kier molecular flexibility index (Phi) is 3.83. The third kappa shape index (κ3) is 3.20. The minimum Gasteiger partial charge on any atom is -0.460 e. The maximum atomic E-state index is 11.8. The third-order valence-electron chi connectivity index (χ3n) is 2.95. The molecule has 2 aromatic heterocycles. The van der Waals surface area contributed by atoms with Crippen LogP contribution in [0.1, 0.15) is 11.3 Å². The van der Waals surface area contributed by atoms with Crippen LogP contribution in [0.4, 0.5) is 0 Å². The van der Waals surface area contributed by atoms with Crippen LogP contribution in [0.5, 0.6) is 0 Å². The zero-order valence-electron chi connectivity index (χ0n) is 11.0. The first-order valence-corrected chi connectivity index (χ1v) is 6.69. The van der Waals surface area contributed by atoms with Gasteiger partial charge in [-0.15, -0.1) is 0 Å². The predicted molar refractivity (Wildman–Crippen MR) is 76.8 cm³/mol. The zero-order chi connectivity index (χ0) is 14.7. The molecule has 1 aromatic carbocycles. The molecular formula is C15H11ClN2O3. The Bertz CT molecular complexity index is 768. The second-order valence-corrected chi connectivity index (χ2v) is 4.84. The number of fused-ring (bicyclic) bond motifs is 1. The van der Waals surface area contributed by atoms with Crippen LogP contribution >= 0.6 is 11.6 Å². The van der Waals surface area contributed by atoms with E-state index >= 15 is 0 Å². The summed E-state index contributed by atoms with van der Waals surface area (Å²) >= 11 is 5.69. The van der Waals surface area contributed by atoms with Crippen molar-refractivity contribution >= 4 is 28.5 Å². The van der Waals surface area contributed by atoms with Gasteiger partial charge in [0.1, 0.15) is 17.5 Å². The topological polar surface area (TPSA) is 65.2 Å². The Hall–Kier alpha value is -2.40. The molecule has 5 nitrogen and oxygen atoms in total. The summed E-state index contributed by atoms with van der Waals surface area (Å²) in [5, 5.41) is 5.12. The molecule has 0 aliphatic heterocycles. The van der Waals surface area contributed by atoms with Gasteiger partial charge >= 0.3 is 5.97 Å². The smallest absolute Gasteiger partial charge is 0.312 e. The van der Waals surface area contributed by atoms with E-state index in [0.29, 0.717) is 16.4 Å². The van der Waals surface area contributed by atoms with Crippen molar-refractivity contribution in [2.75, 3.05) is 0 Å². The number of carbonyl (C=O) groups is 1. The first kappa shape index (κ1) is 13.6. The number of esters is 1. The fourth-order valence-electron chi connectivity index (χ4n) is 1.91. The number of rotatable bonds is 4. The summed E-state index contributed by atoms with van der Waals surface area (Å²) in [6.07, 6.45) is 1.64. The highest BCUT2D eigenvalue weighted by Crippen LogP contribution is 2.18. The highest BCUT2D eigenvalue weighted by molar-refractivity contribution is 6.29. The van der Waals surface area contributed by atoms with Crippen LogP contribution in [0.2, 0.25) is 5.15 Å². The lowest BCUT2D eigenvalue weighted by atomic mass is 10.2. The standard InChI is InChI=1S/C15H11ClN2O3/c16-14-6-5-10(8-17-14)9-20-15(19)7-12-11-3-1-2-4-13(11)21-18-12/h1-6,8H,7,9H2. The number of hydrogen-bond donors (Lipinski definition) is 0. The number of aromatic nitrogens is 2. The molecule has 0 saturated heterocycles. The van der Waals surface area contributed by atoms with Gasteiger partial charge in [0.05, 0.1) is 6.42 Å². The Morgan fingerprint density at radius 2 is 2.10 bits per heavy atom. The molecule has 106 valence electrons. The molecule has 0 spiro atoms. The van der Waals surface area contributed by atoms with Crippen molar-refractivity contribution in [1.29, 1.82) is 0 Å². The average molecular weight is 303 g/mol. The van der Waals surface area contributed by atoms with Crippen LogP contribution < -0.4 is 0 Å². The quantitative estimate of drug-likeness (QED) is 0.547. The van der Waals surface area contributed by atoms with Crippen LogP contribution in [0.25, 0.3) is 11.0 Å². The summed E-state index contributed by atoms with van der Waals surface area (Å²) in [5.41, 5.74) is 2.00. The summed E-state index contributed by atoms with van der Waals surface area (Å²) in [6, 6.07) is 10.8. The van der Waals surface area contributed by atoms with Gasteiger partial charge in [-0.3, -0.25) is 4.79 Å². The average Bonchev–Trinajstić information content (AvgIpc) is 2.90. The molecule has 3 rings (SSSR count). The van der Waals surface area contributed by atoms with Crippen molar-refractivity contribution in [3.05, 3.63) is 59.0 Å². The largest absolute Gasteiger partial charge is 0.460 e. The number of carbonyl (C=O) groups excluding carboxylic acids is 1. The van der Waals surface area contributed by atoms with Crippen molar-refractivity contribution < 1.29 is 14.1 Å². The first-order valence-electron chi connectivity index (χ1n) is 6.32. The summed E-state index contributed by atoms with van der Waals surface area (Å²) in [6.45, 7) is 0.152. The molecule has 0 amide bonds. The van der Waals surface area contributed by atoms with Crippen LogP contribution in [0.15, 0.2) is 47.1 Å². The lowest BCUT2D eigenvalue weighted by Crippen LogP contribution is -2.08. The minimum atomic E-state index is -0.371. The number of hydrogen-bond acceptors (Lipinski definition) is 5. The number of halogens is 1. The molecule has 0 atom stereocenters. The lowest BCUT2D eigenvalue weighted by molar-refractivity contribution is -0.144. The third-order valence-corrected chi connectivity index (χ3v) is 3.18. The van der Waals surface area contributed by atoms with E-state index in [1.165, 1.54) is 0 Å². The molecule has 6 heteroatoms. The normalized spacial score (nSPS) is 10.7. The summed E-state index contributed by atoms with van der Waals surface area (Å²) in [4.78, 5) is 15.8. The van der Waals surface area contributed by atoms with Crippen molar-refractivity contribution in [2.24, 2.45) is 0 Å². The second kappa shape index (κ2) is 5.93. The highest BCUT2D eigenvalue weighted by Gasteiger charge is 2.13. The second-order valence-electron chi connectivity index (χ2n) is 4.45. The van der Waals surface area contributed by atoms with Gasteiger partial charge in [0.25, 0.3) is 0 Å². The molecule has 0 radical (unpaired) electrons. The van der Waals surface area contributed by atoms with Gasteiger partial charge in [-0.25, -0.2) is 4.98 Å². The van der Waals surface area contributed by atoms with Crippen LogP contribution in [0, 0.1) is 0 Å². The number of ether oxygens (including phenoxy) is 1. The molecule has 21 heavy (non-hydrogen) atoms. The SMILES string of the molecule is O=C(Cc1noc2ccccc12)OCc1ccc(Cl)nc1. The Balaban J connectivity index is 1.62. The van der Waals surface area contributed by atoms with Gasteiger partial charge in [0.2, 0.25) is 0 Å². The Labute approximate surface area is 125 Å². The molecule has 0 fully saturated rings. The van der Waals surface area contributed by atoms with Crippen LogP contribution in [-0.2, 0) is 22.6 Å². The minimum absolute atomic E-state index is 0.0675. The molecule has 0 N–H and O–H groups in total. The van der Waals surface area contributed by atoms with E-state index < -0.39 is 0 Å². The van der Waals surface area contributed by atoms with E-state index in [0.717, 1.165) is 10.9 Å². The summed E-state index contributed by atoms with van der Waals surface area (Å²) in [7, 11) is 0. The summed E-state index contributed by atoms with van der Waals surface area (Å²) < 4.78 is 10.3. The van der Waals surface area contributed by atoms with Crippen molar-refractivity contribution in [1.82, 2.24) is 10.1 Å². The monoisotopic (exact) mass is 302 g/mol. The zero-order valence-corrected chi connectivity index (χ0v) is 11.7. The van der Waals surface area contributed by atoms with Crippen molar-refractivity contribution in [3.63, 3.8) is 0 Å². The van der Waals surface area contributed by atoms with E-state index in [1.54, 1.807) is 24.4 Å².